The molecule has 1 aliphatic carbocycles. The van der Waals surface area contributed by atoms with E-state index < -0.39 is 0 Å². The summed E-state index contributed by atoms with van der Waals surface area (Å²) < 4.78 is 0. The van der Waals surface area contributed by atoms with Crippen molar-refractivity contribution >= 4 is 0 Å². The molecule has 1 N–H and O–H groups in total. The minimum absolute atomic E-state index is 0.684. The molecule has 0 radical (unpaired) electrons. The second-order valence-electron chi connectivity index (χ2n) is 4.35. The Morgan fingerprint density at radius 2 is 2.25 bits per heavy atom. The average molecular weight is 213 g/mol. The molecule has 0 spiro atoms. The number of nitrogens with one attached hydrogen (secondary N) is 1. The van der Waals surface area contributed by atoms with E-state index in [2.05, 4.69) is 41.4 Å². The van der Waals surface area contributed by atoms with Gasteiger partial charge in [0.15, 0.2) is 0 Å². The molecule has 1 atom stereocenters. The van der Waals surface area contributed by atoms with Crippen molar-refractivity contribution in [3.8, 4) is 11.8 Å². The third-order valence-corrected chi connectivity index (χ3v) is 3.27. The van der Waals surface area contributed by atoms with Crippen LogP contribution in [0.3, 0.4) is 0 Å². The summed E-state index contributed by atoms with van der Waals surface area (Å²) in [4.78, 5) is 0. The van der Waals surface area contributed by atoms with Gasteiger partial charge in [0, 0.05) is 6.54 Å². The van der Waals surface area contributed by atoms with E-state index in [0.717, 1.165) is 13.1 Å². The summed E-state index contributed by atoms with van der Waals surface area (Å²) in [5.41, 5.74) is 3.09. The summed E-state index contributed by atoms with van der Waals surface area (Å²) >= 11 is 0. The Hall–Kier alpha value is -1.26. The van der Waals surface area contributed by atoms with Crippen molar-refractivity contribution in [1.29, 1.82) is 0 Å². The first kappa shape index (κ1) is 11.2. The molecule has 0 aromatic heterocycles. The van der Waals surface area contributed by atoms with Gasteiger partial charge in [-0.2, -0.15) is 0 Å². The molecule has 1 unspecified atom stereocenters. The first-order chi connectivity index (χ1) is 7.92. The van der Waals surface area contributed by atoms with Crippen LogP contribution in [-0.2, 0) is 6.42 Å². The number of hydrogen-bond donors (Lipinski definition) is 1. The zero-order chi connectivity index (χ0) is 11.2. The van der Waals surface area contributed by atoms with E-state index in [0.29, 0.717) is 5.92 Å². The molecule has 0 saturated carbocycles. The molecule has 0 amide bonds. The number of hydrogen-bond acceptors (Lipinski definition) is 1. The van der Waals surface area contributed by atoms with Crippen molar-refractivity contribution in [2.45, 2.75) is 32.1 Å². The summed E-state index contributed by atoms with van der Waals surface area (Å²) in [6, 6.07) is 8.86. The van der Waals surface area contributed by atoms with E-state index in [4.69, 9.17) is 0 Å². The number of fused-ring (bicyclic) bond motifs is 1. The van der Waals surface area contributed by atoms with Gasteiger partial charge in [-0.25, -0.2) is 0 Å². The summed E-state index contributed by atoms with van der Waals surface area (Å²) in [6.07, 6.45) is 3.88. The van der Waals surface area contributed by atoms with Crippen molar-refractivity contribution in [3.05, 3.63) is 35.4 Å². The van der Waals surface area contributed by atoms with Gasteiger partial charge in [0.25, 0.3) is 0 Å². The number of benzene rings is 1. The van der Waals surface area contributed by atoms with Gasteiger partial charge >= 0.3 is 0 Å². The lowest BCUT2D eigenvalue weighted by molar-refractivity contribution is 0.522. The Morgan fingerprint density at radius 3 is 3.12 bits per heavy atom. The van der Waals surface area contributed by atoms with Gasteiger partial charge in [-0.1, -0.05) is 30.2 Å². The smallest absolute Gasteiger partial charge is 0.0576 e. The Bertz CT molecular complexity index is 397. The lowest BCUT2D eigenvalue weighted by Gasteiger charge is -2.25. The third kappa shape index (κ3) is 2.65. The molecule has 0 fully saturated rings. The molecule has 0 saturated heterocycles. The standard InChI is InChI=1S/C15H19N/c1-2-3-11-16-12-14-9-6-8-13-7-4-5-10-15(13)14/h4-5,7,10,14,16H,6,8-9,11-12H2,1H3. The van der Waals surface area contributed by atoms with E-state index in [1.807, 2.05) is 6.92 Å². The van der Waals surface area contributed by atoms with Gasteiger partial charge in [0.1, 0.15) is 0 Å². The van der Waals surface area contributed by atoms with Gasteiger partial charge in [-0.05, 0) is 43.2 Å². The second kappa shape index (κ2) is 5.72. The van der Waals surface area contributed by atoms with Crippen molar-refractivity contribution < 1.29 is 0 Å². The normalized spacial score (nSPS) is 18.4. The first-order valence-corrected chi connectivity index (χ1v) is 6.10. The van der Waals surface area contributed by atoms with Gasteiger partial charge < -0.3 is 5.32 Å². The maximum absolute atomic E-state index is 3.42. The molecule has 0 aliphatic heterocycles. The van der Waals surface area contributed by atoms with Crippen molar-refractivity contribution in [2.24, 2.45) is 0 Å². The Labute approximate surface area is 98.3 Å². The van der Waals surface area contributed by atoms with Crippen LogP contribution in [0.4, 0.5) is 0 Å². The van der Waals surface area contributed by atoms with Crippen LogP contribution < -0.4 is 5.32 Å². The molecule has 0 bridgehead atoms. The molecule has 16 heavy (non-hydrogen) atoms. The fourth-order valence-corrected chi connectivity index (χ4v) is 2.46. The molecule has 1 aliphatic rings. The van der Waals surface area contributed by atoms with Gasteiger partial charge in [-0.3, -0.25) is 0 Å². The van der Waals surface area contributed by atoms with E-state index in [1.54, 1.807) is 11.1 Å². The van der Waals surface area contributed by atoms with E-state index in [9.17, 15) is 0 Å². The van der Waals surface area contributed by atoms with Crippen LogP contribution in [0.5, 0.6) is 0 Å². The molecular formula is C15H19N. The minimum atomic E-state index is 0.684. The van der Waals surface area contributed by atoms with Crippen molar-refractivity contribution in [3.63, 3.8) is 0 Å². The number of rotatable bonds is 3. The highest BCUT2D eigenvalue weighted by Crippen LogP contribution is 2.30. The fourth-order valence-electron chi connectivity index (χ4n) is 2.46. The van der Waals surface area contributed by atoms with Crippen LogP contribution in [0.2, 0.25) is 0 Å². The molecule has 0 heterocycles. The molecular weight excluding hydrogens is 194 g/mol. The fraction of sp³-hybridized carbons (Fsp3) is 0.467. The quantitative estimate of drug-likeness (QED) is 0.601. The van der Waals surface area contributed by atoms with Crippen LogP contribution >= 0.6 is 0 Å². The van der Waals surface area contributed by atoms with Gasteiger partial charge in [0.2, 0.25) is 0 Å². The van der Waals surface area contributed by atoms with Crippen LogP contribution in [0, 0.1) is 11.8 Å². The highest BCUT2D eigenvalue weighted by Gasteiger charge is 2.18. The van der Waals surface area contributed by atoms with Crippen molar-refractivity contribution in [1.82, 2.24) is 5.32 Å². The minimum Gasteiger partial charge on any atom is -0.306 e. The van der Waals surface area contributed by atoms with E-state index in [1.165, 1.54) is 19.3 Å². The van der Waals surface area contributed by atoms with Gasteiger partial charge in [-0.15, -0.1) is 5.92 Å². The highest BCUT2D eigenvalue weighted by atomic mass is 14.8. The molecule has 1 heteroatoms. The molecule has 84 valence electrons. The zero-order valence-corrected chi connectivity index (χ0v) is 9.92. The SMILES string of the molecule is CC#CCNCC1CCCc2ccccc21. The Kier molecular flexibility index (Phi) is 4.02. The van der Waals surface area contributed by atoms with Crippen LogP contribution in [0.15, 0.2) is 24.3 Å². The molecule has 1 aromatic carbocycles. The summed E-state index contributed by atoms with van der Waals surface area (Å²) in [5.74, 6) is 6.65. The highest BCUT2D eigenvalue weighted by molar-refractivity contribution is 5.32. The average Bonchev–Trinajstić information content (AvgIpc) is 2.35. The zero-order valence-electron chi connectivity index (χ0n) is 9.92. The van der Waals surface area contributed by atoms with E-state index in [-0.39, 0.29) is 0 Å². The third-order valence-electron chi connectivity index (χ3n) is 3.27. The maximum atomic E-state index is 3.42. The molecule has 1 aromatic rings. The molecule has 2 rings (SSSR count). The lowest BCUT2D eigenvalue weighted by atomic mass is 9.83. The molecule has 1 nitrogen and oxygen atoms in total. The first-order valence-electron chi connectivity index (χ1n) is 6.10. The maximum Gasteiger partial charge on any atom is 0.0576 e. The summed E-state index contributed by atoms with van der Waals surface area (Å²) in [6.45, 7) is 3.76. The predicted molar refractivity (Wildman–Crippen MR) is 68.4 cm³/mol. The Balaban J connectivity index is 1.98. The topological polar surface area (TPSA) is 12.0 Å². The monoisotopic (exact) mass is 213 g/mol. The largest absolute Gasteiger partial charge is 0.306 e. The summed E-state index contributed by atoms with van der Waals surface area (Å²) in [5, 5.41) is 3.42. The Morgan fingerprint density at radius 1 is 1.38 bits per heavy atom. The van der Waals surface area contributed by atoms with Crippen LogP contribution in [0.1, 0.15) is 36.8 Å². The van der Waals surface area contributed by atoms with Gasteiger partial charge in [0.05, 0.1) is 6.54 Å². The lowest BCUT2D eigenvalue weighted by Crippen LogP contribution is -2.24. The number of aryl methyl sites for hydroxylation is 1. The van der Waals surface area contributed by atoms with E-state index >= 15 is 0 Å². The predicted octanol–water partition coefficient (Wildman–Crippen LogP) is 2.72. The van der Waals surface area contributed by atoms with Crippen LogP contribution in [0.25, 0.3) is 0 Å². The van der Waals surface area contributed by atoms with Crippen LogP contribution in [-0.4, -0.2) is 13.1 Å². The second-order valence-corrected chi connectivity index (χ2v) is 4.35. The van der Waals surface area contributed by atoms with Crippen molar-refractivity contribution in [2.75, 3.05) is 13.1 Å². The summed E-state index contributed by atoms with van der Waals surface area (Å²) in [7, 11) is 0.